The summed E-state index contributed by atoms with van der Waals surface area (Å²) in [5.41, 5.74) is 0.187. The summed E-state index contributed by atoms with van der Waals surface area (Å²) in [6.07, 6.45) is 2.67. The Kier molecular flexibility index (Phi) is 9.55. The van der Waals surface area contributed by atoms with E-state index in [2.05, 4.69) is 10.6 Å². The topological polar surface area (TPSA) is 97.6 Å². The number of benzene rings is 1. The Morgan fingerprint density at radius 2 is 2.00 bits per heavy atom. The minimum Gasteiger partial charge on any atom is -0.467 e. The maximum absolute atomic E-state index is 12.6. The van der Waals surface area contributed by atoms with Crippen LogP contribution in [0, 0.1) is 0 Å². The second-order valence-electron chi connectivity index (χ2n) is 6.31. The first-order chi connectivity index (χ1) is 14.3. The number of ether oxygens (including phenoxy) is 1. The number of carbonyl (C=O) groups is 3. The maximum atomic E-state index is 12.6. The summed E-state index contributed by atoms with van der Waals surface area (Å²) in [7, 11) is 0. The van der Waals surface area contributed by atoms with Gasteiger partial charge in [-0.25, -0.2) is 4.79 Å². The van der Waals surface area contributed by atoms with Crippen LogP contribution in [0.2, 0.25) is 10.0 Å². The molecule has 0 fully saturated rings. The van der Waals surface area contributed by atoms with Gasteiger partial charge in [-0.3, -0.25) is 9.59 Å². The van der Waals surface area contributed by atoms with Gasteiger partial charge >= 0.3 is 5.97 Å². The van der Waals surface area contributed by atoms with Crippen molar-refractivity contribution in [2.24, 2.45) is 0 Å². The molecule has 1 aromatic carbocycles. The molecule has 0 aliphatic heterocycles. The molecule has 0 bridgehead atoms. The van der Waals surface area contributed by atoms with Gasteiger partial charge in [0.05, 0.1) is 23.4 Å². The lowest BCUT2D eigenvalue weighted by molar-refractivity contribution is -0.156. The average Bonchev–Trinajstić information content (AvgIpc) is 3.22. The first-order valence-corrected chi connectivity index (χ1v) is 11.2. The Labute approximate surface area is 188 Å². The van der Waals surface area contributed by atoms with Gasteiger partial charge in [-0.1, -0.05) is 23.2 Å². The number of thioether (sulfide) groups is 1. The van der Waals surface area contributed by atoms with E-state index in [1.54, 1.807) is 12.1 Å². The highest BCUT2D eigenvalue weighted by molar-refractivity contribution is 7.98. The zero-order chi connectivity index (χ0) is 22.1. The van der Waals surface area contributed by atoms with Crippen LogP contribution in [0.5, 0.6) is 0 Å². The molecule has 0 saturated carbocycles. The number of amides is 2. The third-order valence-corrected chi connectivity index (χ3v) is 5.25. The molecule has 0 saturated heterocycles. The fourth-order valence-electron chi connectivity index (χ4n) is 2.44. The van der Waals surface area contributed by atoms with E-state index < -0.39 is 29.9 Å². The van der Waals surface area contributed by atoms with Crippen LogP contribution in [-0.2, 0) is 20.9 Å². The Hall–Kier alpha value is -2.16. The highest BCUT2D eigenvalue weighted by atomic mass is 35.5. The number of hydrogen-bond donors (Lipinski definition) is 2. The zero-order valence-corrected chi connectivity index (χ0v) is 18.8. The number of esters is 1. The van der Waals surface area contributed by atoms with Crippen LogP contribution in [0.3, 0.4) is 0 Å². The van der Waals surface area contributed by atoms with E-state index in [4.69, 9.17) is 32.4 Å². The molecular weight excluding hydrogens is 451 g/mol. The molecule has 162 valence electrons. The molecule has 30 heavy (non-hydrogen) atoms. The predicted octanol–water partition coefficient (Wildman–Crippen LogP) is 3.69. The Bertz CT molecular complexity index is 876. The number of carbonyl (C=O) groups excluding carboxylic acids is 3. The maximum Gasteiger partial charge on any atom is 0.329 e. The molecule has 0 aliphatic carbocycles. The number of nitrogens with one attached hydrogen (secondary N) is 2. The van der Waals surface area contributed by atoms with Gasteiger partial charge in [0.25, 0.3) is 11.8 Å². The van der Waals surface area contributed by atoms with Gasteiger partial charge in [0.1, 0.15) is 11.8 Å². The van der Waals surface area contributed by atoms with E-state index in [1.807, 2.05) is 6.26 Å². The molecule has 2 aromatic rings. The van der Waals surface area contributed by atoms with E-state index in [-0.39, 0.29) is 17.1 Å². The van der Waals surface area contributed by atoms with Crippen LogP contribution in [0.15, 0.2) is 41.0 Å². The van der Waals surface area contributed by atoms with Crippen molar-refractivity contribution >= 4 is 52.7 Å². The molecule has 1 heterocycles. The Balaban J connectivity index is 1.97. The molecule has 2 N–H and O–H groups in total. The van der Waals surface area contributed by atoms with Crippen molar-refractivity contribution in [1.29, 1.82) is 0 Å². The van der Waals surface area contributed by atoms with Crippen molar-refractivity contribution in [2.75, 3.05) is 12.0 Å². The molecule has 2 atom stereocenters. The van der Waals surface area contributed by atoms with Crippen molar-refractivity contribution in [1.82, 2.24) is 10.6 Å². The fraction of sp³-hybridized carbons (Fsp3) is 0.350. The minimum absolute atomic E-state index is 0.169. The molecule has 1 aromatic heterocycles. The number of halogens is 2. The summed E-state index contributed by atoms with van der Waals surface area (Å²) in [4.78, 5) is 37.3. The Morgan fingerprint density at radius 3 is 2.63 bits per heavy atom. The molecule has 7 nitrogen and oxygen atoms in total. The average molecular weight is 473 g/mol. The molecule has 0 radical (unpaired) electrons. The number of rotatable bonds is 10. The van der Waals surface area contributed by atoms with Gasteiger partial charge in [-0.15, -0.1) is 0 Å². The lowest BCUT2D eigenvalue weighted by Crippen LogP contribution is -2.45. The van der Waals surface area contributed by atoms with Crippen molar-refractivity contribution in [3.63, 3.8) is 0 Å². The summed E-state index contributed by atoms with van der Waals surface area (Å²) >= 11 is 13.4. The fourth-order valence-corrected chi connectivity index (χ4v) is 3.40. The predicted molar refractivity (Wildman–Crippen MR) is 117 cm³/mol. The normalized spacial score (nSPS) is 12.7. The third kappa shape index (κ3) is 7.27. The second-order valence-corrected chi connectivity index (χ2v) is 8.14. The first-order valence-electron chi connectivity index (χ1n) is 9.07. The van der Waals surface area contributed by atoms with E-state index >= 15 is 0 Å². The van der Waals surface area contributed by atoms with Gasteiger partial charge in [-0.2, -0.15) is 11.8 Å². The van der Waals surface area contributed by atoms with Gasteiger partial charge < -0.3 is 19.8 Å². The summed E-state index contributed by atoms with van der Waals surface area (Å²) in [6, 6.07) is 6.93. The van der Waals surface area contributed by atoms with Crippen molar-refractivity contribution < 1.29 is 23.5 Å². The van der Waals surface area contributed by atoms with Gasteiger partial charge in [-0.05, 0) is 55.7 Å². The number of furan rings is 1. The largest absolute Gasteiger partial charge is 0.467 e. The third-order valence-electron chi connectivity index (χ3n) is 4.06. The standard InChI is InChI=1S/C20H22Cl2N2O5S/c1-12(18(25)23-11-14-4-3-8-28-14)29-20(27)17(7-9-30-2)24-19(26)15-6-5-13(21)10-16(15)22/h3-6,8,10,12,17H,7,9,11H2,1-2H3,(H,23,25)(H,24,26)/t12-,17+/m1/s1. The molecular formula is C20H22Cl2N2O5S. The van der Waals surface area contributed by atoms with Crippen LogP contribution in [0.4, 0.5) is 0 Å². The van der Waals surface area contributed by atoms with Crippen LogP contribution in [0.1, 0.15) is 29.5 Å². The highest BCUT2D eigenvalue weighted by Crippen LogP contribution is 2.21. The van der Waals surface area contributed by atoms with E-state index in [0.29, 0.717) is 23.0 Å². The molecule has 0 aliphatic rings. The monoisotopic (exact) mass is 472 g/mol. The Morgan fingerprint density at radius 1 is 1.23 bits per heavy atom. The minimum atomic E-state index is -1.04. The number of hydrogen-bond acceptors (Lipinski definition) is 6. The van der Waals surface area contributed by atoms with E-state index in [1.165, 1.54) is 43.1 Å². The molecule has 10 heteroatoms. The lowest BCUT2D eigenvalue weighted by atomic mass is 10.1. The smallest absolute Gasteiger partial charge is 0.329 e. The summed E-state index contributed by atoms with van der Waals surface area (Å²) < 4.78 is 10.4. The van der Waals surface area contributed by atoms with Gasteiger partial charge in [0.2, 0.25) is 0 Å². The first kappa shape index (κ1) is 24.1. The molecule has 2 amide bonds. The molecule has 0 spiro atoms. The van der Waals surface area contributed by atoms with Crippen LogP contribution in [-0.4, -0.2) is 41.9 Å². The summed E-state index contributed by atoms with van der Waals surface area (Å²) in [6.45, 7) is 1.63. The SMILES string of the molecule is CSCC[C@H](NC(=O)c1ccc(Cl)cc1Cl)C(=O)O[C@H](C)C(=O)NCc1ccco1. The van der Waals surface area contributed by atoms with Crippen LogP contribution in [0.25, 0.3) is 0 Å². The van der Waals surface area contributed by atoms with Crippen LogP contribution >= 0.6 is 35.0 Å². The molecule has 0 unspecified atom stereocenters. The van der Waals surface area contributed by atoms with Gasteiger partial charge in [0.15, 0.2) is 6.10 Å². The van der Waals surface area contributed by atoms with E-state index in [0.717, 1.165) is 0 Å². The highest BCUT2D eigenvalue weighted by Gasteiger charge is 2.27. The molecule has 2 rings (SSSR count). The zero-order valence-electron chi connectivity index (χ0n) is 16.4. The quantitative estimate of drug-likeness (QED) is 0.511. The second kappa shape index (κ2) is 11.9. The van der Waals surface area contributed by atoms with Crippen molar-refractivity contribution in [2.45, 2.75) is 32.0 Å². The lowest BCUT2D eigenvalue weighted by Gasteiger charge is -2.20. The van der Waals surface area contributed by atoms with Crippen molar-refractivity contribution in [3.05, 3.63) is 58.0 Å². The van der Waals surface area contributed by atoms with Crippen LogP contribution < -0.4 is 10.6 Å². The summed E-state index contributed by atoms with van der Waals surface area (Å²) in [5.74, 6) is -0.534. The van der Waals surface area contributed by atoms with Gasteiger partial charge in [0, 0.05) is 5.02 Å². The van der Waals surface area contributed by atoms with Crippen molar-refractivity contribution in [3.8, 4) is 0 Å². The van der Waals surface area contributed by atoms with E-state index in [9.17, 15) is 14.4 Å². The summed E-state index contributed by atoms with van der Waals surface area (Å²) in [5, 5.41) is 5.81.